The van der Waals surface area contributed by atoms with Gasteiger partial charge in [0.2, 0.25) is 10.0 Å². The van der Waals surface area contributed by atoms with Gasteiger partial charge in [-0.25, -0.2) is 13.4 Å². The van der Waals surface area contributed by atoms with Gasteiger partial charge in [0.05, 0.1) is 44.4 Å². The number of sulfonamides is 1. The lowest BCUT2D eigenvalue weighted by Gasteiger charge is -2.33. The molecule has 2 heterocycles. The average molecular weight is 519 g/mol. The summed E-state index contributed by atoms with van der Waals surface area (Å²) >= 11 is 0. The lowest BCUT2D eigenvalue weighted by Crippen LogP contribution is -2.50. The number of hydrogen-bond acceptors (Lipinski definition) is 5. The van der Waals surface area contributed by atoms with Crippen LogP contribution in [-0.4, -0.2) is 82.1 Å². The Hall–Kier alpha value is -3.32. The fraction of sp³-hybridized carbons (Fsp3) is 0.393. The number of carbonyl (C=O) groups is 1. The topological polar surface area (TPSA) is 94.4 Å². The fourth-order valence-electron chi connectivity index (χ4n) is 5.16. The van der Waals surface area contributed by atoms with Crippen LogP contribution in [-0.2, 0) is 15.4 Å². The Balaban J connectivity index is 1.61. The maximum absolute atomic E-state index is 13.8. The van der Waals surface area contributed by atoms with E-state index in [1.54, 1.807) is 11.1 Å². The average Bonchev–Trinajstić information content (AvgIpc) is 3.68. The van der Waals surface area contributed by atoms with E-state index in [0.29, 0.717) is 23.1 Å². The molecule has 2 fully saturated rings. The molecule has 3 aromatic rings. The summed E-state index contributed by atoms with van der Waals surface area (Å²) < 4.78 is 25.9. The Morgan fingerprint density at radius 2 is 1.68 bits per heavy atom. The molecule has 2 aliphatic rings. The number of para-hydroxylation sites is 1. The van der Waals surface area contributed by atoms with Crippen LogP contribution >= 0.6 is 0 Å². The predicted octanol–water partition coefficient (Wildman–Crippen LogP) is 3.37. The molecule has 1 aromatic heterocycles. The van der Waals surface area contributed by atoms with Gasteiger partial charge in [-0.15, -0.1) is 0 Å². The zero-order valence-electron chi connectivity index (χ0n) is 21.7. The summed E-state index contributed by atoms with van der Waals surface area (Å²) in [6.07, 6.45) is 4.60. The van der Waals surface area contributed by atoms with Gasteiger partial charge in [0.1, 0.15) is 5.52 Å². The third-order valence-corrected chi connectivity index (χ3v) is 8.82. The van der Waals surface area contributed by atoms with Gasteiger partial charge in [0, 0.05) is 49.4 Å². The summed E-state index contributed by atoms with van der Waals surface area (Å²) in [5, 5.41) is 10.5. The molecule has 1 amide bonds. The molecular formula is C28H32N5O3S+. The first-order valence-electron chi connectivity index (χ1n) is 12.4. The van der Waals surface area contributed by atoms with Crippen LogP contribution in [0.25, 0.3) is 22.0 Å². The molecule has 1 aliphatic carbocycles. The van der Waals surface area contributed by atoms with Gasteiger partial charge in [-0.05, 0) is 24.0 Å². The van der Waals surface area contributed by atoms with Gasteiger partial charge >= 0.3 is 0 Å². The van der Waals surface area contributed by atoms with Gasteiger partial charge in [-0.3, -0.25) is 9.28 Å². The number of carbonyl (C=O) groups excluding carboxylic acids is 1. The number of amides is 1. The molecule has 9 heteroatoms. The van der Waals surface area contributed by atoms with Crippen LogP contribution in [0.15, 0.2) is 48.7 Å². The van der Waals surface area contributed by atoms with Gasteiger partial charge in [-0.1, -0.05) is 36.4 Å². The Kier molecular flexibility index (Phi) is 6.10. The second-order valence-electron chi connectivity index (χ2n) is 11.0. The van der Waals surface area contributed by atoms with Gasteiger partial charge in [0.25, 0.3) is 5.91 Å². The van der Waals surface area contributed by atoms with Crippen LogP contribution in [0, 0.1) is 11.3 Å². The Labute approximate surface area is 218 Å². The predicted molar refractivity (Wildman–Crippen MR) is 146 cm³/mol. The molecule has 0 atom stereocenters. The number of nitrogens with zero attached hydrogens (tertiary/aromatic N) is 5. The first kappa shape index (κ1) is 25.3. The van der Waals surface area contributed by atoms with Crippen molar-refractivity contribution in [1.29, 1.82) is 5.26 Å². The Bertz CT molecular complexity index is 1520. The molecule has 192 valence electrons. The van der Waals surface area contributed by atoms with Crippen molar-refractivity contribution in [2.45, 2.75) is 18.3 Å². The van der Waals surface area contributed by atoms with E-state index in [0.717, 1.165) is 46.1 Å². The van der Waals surface area contributed by atoms with E-state index < -0.39 is 10.0 Å². The number of aromatic nitrogens is 1. The lowest BCUT2D eigenvalue weighted by atomic mass is 9.91. The highest BCUT2D eigenvalue weighted by Crippen LogP contribution is 2.48. The molecule has 1 aliphatic heterocycles. The molecule has 0 unspecified atom stereocenters. The molecule has 0 spiro atoms. The number of quaternary nitrogens is 1. The van der Waals surface area contributed by atoms with Crippen molar-refractivity contribution in [1.82, 2.24) is 18.7 Å². The van der Waals surface area contributed by atoms with Crippen LogP contribution in [0.2, 0.25) is 0 Å². The minimum Gasteiger partial charge on any atom is -0.336 e. The second-order valence-corrected chi connectivity index (χ2v) is 12.9. The fourth-order valence-corrected chi connectivity index (χ4v) is 5.99. The highest BCUT2D eigenvalue weighted by molar-refractivity contribution is 7.88. The molecular weight excluding hydrogens is 486 g/mol. The number of nitriles is 1. The van der Waals surface area contributed by atoms with Crippen molar-refractivity contribution in [3.8, 4) is 17.2 Å². The normalized spacial score (nSPS) is 18.0. The van der Waals surface area contributed by atoms with Crippen molar-refractivity contribution in [2.75, 3.05) is 53.6 Å². The Morgan fingerprint density at radius 1 is 1.03 bits per heavy atom. The van der Waals surface area contributed by atoms with E-state index in [9.17, 15) is 18.5 Å². The third-order valence-electron chi connectivity index (χ3n) is 7.51. The SMILES string of the molecule is C[N+](C)(C)c1cccc2c(-c3ccc(C4(C#N)CC4)cc3)c(C(=O)N3CCN(S(C)(=O)=O)CC3)cnc12. The van der Waals surface area contributed by atoms with Gasteiger partial charge in [-0.2, -0.15) is 9.57 Å². The van der Waals surface area contributed by atoms with Crippen molar-refractivity contribution in [2.24, 2.45) is 0 Å². The summed E-state index contributed by atoms with van der Waals surface area (Å²) in [5.41, 5.74) is 4.70. The molecule has 37 heavy (non-hydrogen) atoms. The highest BCUT2D eigenvalue weighted by Gasteiger charge is 2.44. The smallest absolute Gasteiger partial charge is 0.256 e. The van der Waals surface area contributed by atoms with E-state index in [4.69, 9.17) is 4.98 Å². The number of rotatable bonds is 5. The van der Waals surface area contributed by atoms with Crippen molar-refractivity contribution in [3.05, 3.63) is 59.8 Å². The van der Waals surface area contributed by atoms with Crippen LogP contribution in [0.1, 0.15) is 28.8 Å². The number of hydrogen-bond donors (Lipinski definition) is 0. The summed E-state index contributed by atoms with van der Waals surface area (Å²) in [4.78, 5) is 20.3. The molecule has 0 N–H and O–H groups in total. The van der Waals surface area contributed by atoms with E-state index in [2.05, 4.69) is 33.3 Å². The standard InChI is InChI=1S/C28H32N5O3S/c1-33(2,3)24-7-5-6-22-25(20-8-10-21(11-9-20)28(19-29)12-13-28)23(18-30-26(22)24)27(34)31-14-16-32(17-15-31)37(4,35)36/h5-11,18H,12-17H2,1-4H3/q+1. The summed E-state index contributed by atoms with van der Waals surface area (Å²) in [6.45, 7) is 1.20. The Morgan fingerprint density at radius 3 is 2.22 bits per heavy atom. The van der Waals surface area contributed by atoms with Gasteiger partial charge < -0.3 is 4.90 Å². The molecule has 8 nitrogen and oxygen atoms in total. The van der Waals surface area contributed by atoms with Crippen LogP contribution in [0.3, 0.4) is 0 Å². The largest absolute Gasteiger partial charge is 0.336 e. The van der Waals surface area contributed by atoms with E-state index in [1.807, 2.05) is 36.4 Å². The maximum atomic E-state index is 13.8. The lowest BCUT2D eigenvalue weighted by molar-refractivity contribution is 0.0699. The third kappa shape index (κ3) is 4.61. The zero-order chi connectivity index (χ0) is 26.6. The molecule has 5 rings (SSSR count). The van der Waals surface area contributed by atoms with Crippen molar-refractivity contribution < 1.29 is 13.2 Å². The molecule has 0 bridgehead atoms. The van der Waals surface area contributed by atoms with E-state index in [-0.39, 0.29) is 24.4 Å². The van der Waals surface area contributed by atoms with Crippen molar-refractivity contribution in [3.63, 3.8) is 0 Å². The number of pyridine rings is 1. The van der Waals surface area contributed by atoms with E-state index >= 15 is 0 Å². The summed E-state index contributed by atoms with van der Waals surface area (Å²) in [7, 11) is 2.96. The minimum absolute atomic E-state index is 0.159. The molecule has 1 saturated heterocycles. The zero-order valence-corrected chi connectivity index (χ0v) is 22.5. The monoisotopic (exact) mass is 518 g/mol. The first-order valence-corrected chi connectivity index (χ1v) is 14.3. The minimum atomic E-state index is -3.29. The first-order chi connectivity index (χ1) is 17.4. The number of fused-ring (bicyclic) bond motifs is 1. The highest BCUT2D eigenvalue weighted by atomic mass is 32.2. The molecule has 1 saturated carbocycles. The van der Waals surface area contributed by atoms with Crippen molar-refractivity contribution >= 4 is 32.5 Å². The van der Waals surface area contributed by atoms with Crippen LogP contribution in [0.4, 0.5) is 5.69 Å². The number of benzene rings is 2. The summed E-state index contributed by atoms with van der Waals surface area (Å²) in [6, 6.07) is 16.5. The molecule has 2 aromatic carbocycles. The van der Waals surface area contributed by atoms with Crippen LogP contribution in [0.5, 0.6) is 0 Å². The van der Waals surface area contributed by atoms with Gasteiger partial charge in [0.15, 0.2) is 5.69 Å². The summed E-state index contributed by atoms with van der Waals surface area (Å²) in [5.74, 6) is -0.159. The maximum Gasteiger partial charge on any atom is 0.256 e. The quantitative estimate of drug-likeness (QED) is 0.483. The van der Waals surface area contributed by atoms with Crippen LogP contribution < -0.4 is 4.48 Å². The second kappa shape index (κ2) is 8.91. The number of piperazine rings is 1. The van der Waals surface area contributed by atoms with E-state index in [1.165, 1.54) is 10.6 Å². The molecule has 0 radical (unpaired) electrons.